The standard InChI is InChI=1S/C10H13N3/c11-7-10(4-2-1-3-5-10)9-6-12-8-13-9/h6,8H,1-5H2,(H,12,13). The Morgan fingerprint density at radius 2 is 2.15 bits per heavy atom. The van der Waals surface area contributed by atoms with Gasteiger partial charge < -0.3 is 4.98 Å². The van der Waals surface area contributed by atoms with Crippen molar-refractivity contribution >= 4 is 0 Å². The van der Waals surface area contributed by atoms with Crippen LogP contribution in [0.15, 0.2) is 12.5 Å². The molecule has 1 aliphatic rings. The van der Waals surface area contributed by atoms with Crippen molar-refractivity contribution < 1.29 is 0 Å². The molecule has 0 aliphatic heterocycles. The Hall–Kier alpha value is -1.30. The lowest BCUT2D eigenvalue weighted by Crippen LogP contribution is -2.27. The zero-order valence-electron chi connectivity index (χ0n) is 7.58. The third-order valence-electron chi connectivity index (χ3n) is 2.93. The van der Waals surface area contributed by atoms with Gasteiger partial charge in [0, 0.05) is 6.20 Å². The van der Waals surface area contributed by atoms with E-state index in [1.807, 2.05) is 0 Å². The summed E-state index contributed by atoms with van der Waals surface area (Å²) >= 11 is 0. The molecule has 1 aromatic rings. The maximum atomic E-state index is 9.22. The molecule has 2 rings (SSSR count). The Morgan fingerprint density at radius 3 is 2.69 bits per heavy atom. The first-order valence-electron chi connectivity index (χ1n) is 4.77. The summed E-state index contributed by atoms with van der Waals surface area (Å²) in [5.41, 5.74) is 0.726. The van der Waals surface area contributed by atoms with Crippen molar-refractivity contribution in [3.8, 4) is 6.07 Å². The molecule has 1 aliphatic carbocycles. The Kier molecular flexibility index (Phi) is 2.05. The van der Waals surface area contributed by atoms with Gasteiger partial charge in [0.2, 0.25) is 0 Å². The SMILES string of the molecule is N#CC1(c2cnc[nH]2)CCCCC1. The van der Waals surface area contributed by atoms with E-state index < -0.39 is 0 Å². The van der Waals surface area contributed by atoms with E-state index in [2.05, 4.69) is 16.0 Å². The third kappa shape index (κ3) is 1.33. The highest BCUT2D eigenvalue weighted by Crippen LogP contribution is 2.37. The zero-order valence-corrected chi connectivity index (χ0v) is 7.58. The number of nitriles is 1. The van der Waals surface area contributed by atoms with Crippen molar-refractivity contribution in [3.63, 3.8) is 0 Å². The molecule has 13 heavy (non-hydrogen) atoms. The number of H-pyrrole nitrogens is 1. The molecule has 1 fully saturated rings. The lowest BCUT2D eigenvalue weighted by atomic mass is 9.73. The molecule has 3 nitrogen and oxygen atoms in total. The van der Waals surface area contributed by atoms with E-state index in [0.717, 1.165) is 31.4 Å². The van der Waals surface area contributed by atoms with Crippen LogP contribution in [0.25, 0.3) is 0 Å². The first-order valence-corrected chi connectivity index (χ1v) is 4.77. The largest absolute Gasteiger partial charge is 0.347 e. The summed E-state index contributed by atoms with van der Waals surface area (Å²) in [5, 5.41) is 9.22. The summed E-state index contributed by atoms with van der Waals surface area (Å²) in [7, 11) is 0. The van der Waals surface area contributed by atoms with Gasteiger partial charge in [0.05, 0.1) is 23.5 Å². The Balaban J connectivity index is 2.30. The van der Waals surface area contributed by atoms with Crippen molar-refractivity contribution in [1.82, 2.24) is 9.97 Å². The van der Waals surface area contributed by atoms with Crippen molar-refractivity contribution in [1.29, 1.82) is 5.26 Å². The highest BCUT2D eigenvalue weighted by Gasteiger charge is 2.35. The molecule has 0 saturated heterocycles. The Labute approximate surface area is 77.8 Å². The number of hydrogen-bond acceptors (Lipinski definition) is 2. The summed E-state index contributed by atoms with van der Waals surface area (Å²) in [4.78, 5) is 7.05. The van der Waals surface area contributed by atoms with Crippen LogP contribution in [0.3, 0.4) is 0 Å². The molecule has 0 atom stereocenters. The van der Waals surface area contributed by atoms with Gasteiger partial charge in [0.25, 0.3) is 0 Å². The minimum absolute atomic E-state index is 0.269. The highest BCUT2D eigenvalue weighted by molar-refractivity contribution is 5.24. The van der Waals surface area contributed by atoms with Gasteiger partial charge in [-0.1, -0.05) is 19.3 Å². The molecule has 1 aromatic heterocycles. The van der Waals surface area contributed by atoms with E-state index in [0.29, 0.717) is 0 Å². The minimum Gasteiger partial charge on any atom is -0.347 e. The average Bonchev–Trinajstić information content (AvgIpc) is 2.72. The molecule has 0 spiro atoms. The molecule has 1 N–H and O–H groups in total. The fourth-order valence-corrected chi connectivity index (χ4v) is 2.11. The monoisotopic (exact) mass is 175 g/mol. The van der Waals surface area contributed by atoms with Crippen LogP contribution in [0.4, 0.5) is 0 Å². The predicted molar refractivity (Wildman–Crippen MR) is 49.0 cm³/mol. The molecule has 0 radical (unpaired) electrons. The van der Waals surface area contributed by atoms with E-state index in [1.54, 1.807) is 12.5 Å². The van der Waals surface area contributed by atoms with Gasteiger partial charge in [0.1, 0.15) is 0 Å². The van der Waals surface area contributed by atoms with Gasteiger partial charge >= 0.3 is 0 Å². The van der Waals surface area contributed by atoms with E-state index >= 15 is 0 Å². The molecule has 0 amide bonds. The minimum atomic E-state index is -0.269. The van der Waals surface area contributed by atoms with Crippen molar-refractivity contribution in [3.05, 3.63) is 18.2 Å². The molecular weight excluding hydrogens is 162 g/mol. The maximum Gasteiger partial charge on any atom is 0.0987 e. The topological polar surface area (TPSA) is 52.5 Å². The van der Waals surface area contributed by atoms with Crippen LogP contribution >= 0.6 is 0 Å². The summed E-state index contributed by atoms with van der Waals surface area (Å²) in [5.74, 6) is 0. The predicted octanol–water partition coefficient (Wildman–Crippen LogP) is 2.14. The number of aromatic amines is 1. The van der Waals surface area contributed by atoms with Gasteiger partial charge in [-0.05, 0) is 12.8 Å². The third-order valence-corrected chi connectivity index (χ3v) is 2.93. The van der Waals surface area contributed by atoms with Crippen LogP contribution in [0.1, 0.15) is 37.8 Å². The zero-order chi connectivity index (χ0) is 9.15. The molecule has 0 bridgehead atoms. The molecule has 3 heteroatoms. The second-order valence-electron chi connectivity index (χ2n) is 3.72. The second-order valence-corrected chi connectivity index (χ2v) is 3.72. The van der Waals surface area contributed by atoms with Crippen molar-refractivity contribution in [2.45, 2.75) is 37.5 Å². The lowest BCUT2D eigenvalue weighted by molar-refractivity contribution is 0.359. The fourth-order valence-electron chi connectivity index (χ4n) is 2.11. The van der Waals surface area contributed by atoms with Gasteiger partial charge in [0.15, 0.2) is 0 Å². The maximum absolute atomic E-state index is 9.22. The summed E-state index contributed by atoms with van der Waals surface area (Å²) in [6.45, 7) is 0. The number of nitrogens with zero attached hydrogens (tertiary/aromatic N) is 2. The van der Waals surface area contributed by atoms with Crippen LogP contribution in [0, 0.1) is 11.3 Å². The lowest BCUT2D eigenvalue weighted by Gasteiger charge is -2.29. The van der Waals surface area contributed by atoms with Crippen LogP contribution in [-0.2, 0) is 5.41 Å². The van der Waals surface area contributed by atoms with E-state index in [1.165, 1.54) is 6.42 Å². The summed E-state index contributed by atoms with van der Waals surface area (Å²) < 4.78 is 0. The van der Waals surface area contributed by atoms with Gasteiger partial charge in [-0.3, -0.25) is 0 Å². The Morgan fingerprint density at radius 1 is 1.38 bits per heavy atom. The second kappa shape index (κ2) is 3.21. The number of nitrogens with one attached hydrogen (secondary N) is 1. The Bertz CT molecular complexity index is 301. The summed E-state index contributed by atoms with van der Waals surface area (Å²) in [6.07, 6.45) is 8.98. The smallest absolute Gasteiger partial charge is 0.0987 e. The average molecular weight is 175 g/mol. The van der Waals surface area contributed by atoms with Crippen LogP contribution in [0.2, 0.25) is 0 Å². The van der Waals surface area contributed by atoms with E-state index in [4.69, 9.17) is 0 Å². The van der Waals surface area contributed by atoms with Crippen LogP contribution in [-0.4, -0.2) is 9.97 Å². The highest BCUT2D eigenvalue weighted by atomic mass is 14.9. The molecule has 68 valence electrons. The normalized spacial score (nSPS) is 20.8. The number of rotatable bonds is 1. The summed E-state index contributed by atoms with van der Waals surface area (Å²) in [6, 6.07) is 2.45. The van der Waals surface area contributed by atoms with Crippen molar-refractivity contribution in [2.75, 3.05) is 0 Å². The molecule has 0 unspecified atom stereocenters. The fraction of sp³-hybridized carbons (Fsp3) is 0.600. The quantitative estimate of drug-likeness (QED) is 0.710. The van der Waals surface area contributed by atoms with E-state index in [-0.39, 0.29) is 5.41 Å². The van der Waals surface area contributed by atoms with E-state index in [9.17, 15) is 5.26 Å². The molecule has 0 aromatic carbocycles. The van der Waals surface area contributed by atoms with Crippen LogP contribution in [0.5, 0.6) is 0 Å². The molecule has 1 heterocycles. The number of aromatic nitrogens is 2. The van der Waals surface area contributed by atoms with Gasteiger partial charge in [-0.25, -0.2) is 4.98 Å². The van der Waals surface area contributed by atoms with Crippen LogP contribution < -0.4 is 0 Å². The molecule has 1 saturated carbocycles. The number of hydrogen-bond donors (Lipinski definition) is 1. The first kappa shape index (κ1) is 8.31. The van der Waals surface area contributed by atoms with Gasteiger partial charge in [-0.2, -0.15) is 5.26 Å². The van der Waals surface area contributed by atoms with Gasteiger partial charge in [-0.15, -0.1) is 0 Å². The molecular formula is C10H13N3. The first-order chi connectivity index (χ1) is 6.37. The number of imidazole rings is 1. The van der Waals surface area contributed by atoms with Crippen molar-refractivity contribution in [2.24, 2.45) is 0 Å².